The van der Waals surface area contributed by atoms with Gasteiger partial charge >= 0.3 is 0 Å². The van der Waals surface area contributed by atoms with Gasteiger partial charge in [-0.1, -0.05) is 18.2 Å². The molecule has 0 aliphatic rings. The zero-order valence-corrected chi connectivity index (χ0v) is 16.7. The van der Waals surface area contributed by atoms with E-state index in [2.05, 4.69) is 5.32 Å². The molecule has 0 atom stereocenters. The highest BCUT2D eigenvalue weighted by Crippen LogP contribution is 2.26. The Morgan fingerprint density at radius 2 is 2.00 bits per heavy atom. The first-order valence-electron chi connectivity index (χ1n) is 8.44. The van der Waals surface area contributed by atoms with Crippen molar-refractivity contribution in [1.82, 2.24) is 4.57 Å². The van der Waals surface area contributed by atoms with Gasteiger partial charge in [-0.05, 0) is 42.0 Å². The lowest BCUT2D eigenvalue weighted by atomic mass is 10.2. The molecule has 3 aromatic rings. The molecule has 0 fully saturated rings. The molecule has 1 heterocycles. The number of phenols is 1. The Kier molecular flexibility index (Phi) is 6.23. The topological polar surface area (TPSA) is 80.6 Å². The Labute approximate surface area is 170 Å². The number of carbonyl (C=O) groups is 1. The van der Waals surface area contributed by atoms with E-state index in [0.29, 0.717) is 15.4 Å². The molecular formula is C20H18N2O4S2. The van der Waals surface area contributed by atoms with Crippen LogP contribution in [0.25, 0.3) is 10.4 Å². The quantitative estimate of drug-likeness (QED) is 0.595. The Bertz CT molecular complexity index is 1090. The molecule has 0 unspecified atom stereocenters. The van der Waals surface area contributed by atoms with Crippen molar-refractivity contribution >= 4 is 35.1 Å². The van der Waals surface area contributed by atoms with Gasteiger partial charge in [0, 0.05) is 35.7 Å². The summed E-state index contributed by atoms with van der Waals surface area (Å²) in [5.74, 6) is 0.494. The molecule has 0 radical (unpaired) electrons. The second kappa shape index (κ2) is 8.81. The van der Waals surface area contributed by atoms with Gasteiger partial charge < -0.3 is 15.2 Å². The number of amides is 1. The Morgan fingerprint density at radius 3 is 2.71 bits per heavy atom. The lowest BCUT2D eigenvalue weighted by molar-refractivity contribution is -0.116. The monoisotopic (exact) mass is 414 g/mol. The summed E-state index contributed by atoms with van der Waals surface area (Å²) in [5, 5.41) is 12.1. The number of hydrogen-bond donors (Lipinski definition) is 2. The summed E-state index contributed by atoms with van der Waals surface area (Å²) in [6.07, 6.45) is 0.0877. The number of carbonyl (C=O) groups excluding carboxylic acids is 1. The van der Waals surface area contributed by atoms with Gasteiger partial charge in [-0.2, -0.15) is 0 Å². The lowest BCUT2D eigenvalue weighted by Crippen LogP contribution is -2.22. The summed E-state index contributed by atoms with van der Waals surface area (Å²) < 4.78 is 7.02. The molecule has 1 aromatic heterocycles. The number of anilines is 1. The van der Waals surface area contributed by atoms with Crippen molar-refractivity contribution in [1.29, 1.82) is 0 Å². The molecule has 6 nitrogen and oxygen atoms in total. The number of methoxy groups -OCH3 is 1. The molecule has 2 N–H and O–H groups in total. The number of nitrogens with zero attached hydrogens (tertiary/aromatic N) is 1. The number of aromatic hydroxyl groups is 1. The first kappa shape index (κ1) is 19.8. The number of nitrogens with one attached hydrogen (secondary N) is 1. The molecule has 0 aliphatic carbocycles. The van der Waals surface area contributed by atoms with Crippen molar-refractivity contribution in [3.8, 4) is 21.9 Å². The van der Waals surface area contributed by atoms with Gasteiger partial charge in [0.1, 0.15) is 11.5 Å². The molecular weight excluding hydrogens is 396 g/mol. The van der Waals surface area contributed by atoms with Crippen molar-refractivity contribution in [2.24, 2.45) is 0 Å². The molecule has 0 saturated heterocycles. The van der Waals surface area contributed by atoms with Crippen LogP contribution in [0.15, 0.2) is 59.4 Å². The zero-order chi connectivity index (χ0) is 20.1. The van der Waals surface area contributed by atoms with Crippen LogP contribution < -0.4 is 15.6 Å². The average molecular weight is 415 g/mol. The van der Waals surface area contributed by atoms with Gasteiger partial charge in [0.15, 0.2) is 3.95 Å². The van der Waals surface area contributed by atoms with Crippen molar-refractivity contribution in [2.45, 2.75) is 13.0 Å². The number of benzene rings is 2. The smallest absolute Gasteiger partial charge is 0.253 e. The van der Waals surface area contributed by atoms with E-state index in [4.69, 9.17) is 17.0 Å². The van der Waals surface area contributed by atoms with Crippen LogP contribution >= 0.6 is 23.6 Å². The van der Waals surface area contributed by atoms with Crippen LogP contribution in [0.5, 0.6) is 11.5 Å². The largest absolute Gasteiger partial charge is 0.508 e. The van der Waals surface area contributed by atoms with Gasteiger partial charge in [-0.3, -0.25) is 14.2 Å². The Balaban J connectivity index is 1.73. The fraction of sp³-hybridized carbons (Fsp3) is 0.150. The summed E-state index contributed by atoms with van der Waals surface area (Å²) in [6.45, 7) is 0.178. The molecule has 0 saturated carbocycles. The van der Waals surface area contributed by atoms with E-state index in [1.807, 2.05) is 24.3 Å². The molecule has 0 bridgehead atoms. The summed E-state index contributed by atoms with van der Waals surface area (Å²) in [4.78, 5) is 25.4. The van der Waals surface area contributed by atoms with Crippen molar-refractivity contribution in [3.63, 3.8) is 0 Å². The summed E-state index contributed by atoms with van der Waals surface area (Å²) in [5.41, 5.74) is 1.08. The van der Waals surface area contributed by atoms with E-state index in [1.54, 1.807) is 19.2 Å². The second-order valence-corrected chi connectivity index (χ2v) is 7.62. The SMILES string of the molecule is COc1cccc(-c2cc(=O)n(CCC(=O)Nc3cccc(O)c3)c(=S)s2)c1. The number of aromatic nitrogens is 1. The van der Waals surface area contributed by atoms with E-state index >= 15 is 0 Å². The van der Waals surface area contributed by atoms with Crippen LogP contribution in [0.4, 0.5) is 5.69 Å². The maximum absolute atomic E-state index is 12.5. The van der Waals surface area contributed by atoms with E-state index in [-0.39, 0.29) is 30.2 Å². The Hall–Kier alpha value is -2.97. The van der Waals surface area contributed by atoms with Gasteiger partial charge in [-0.15, -0.1) is 11.3 Å². The molecule has 2 aromatic carbocycles. The third-order valence-corrected chi connectivity index (χ3v) is 5.42. The highest BCUT2D eigenvalue weighted by atomic mass is 32.1. The fourth-order valence-electron chi connectivity index (χ4n) is 2.60. The minimum atomic E-state index is -0.270. The van der Waals surface area contributed by atoms with Gasteiger partial charge in [-0.25, -0.2) is 0 Å². The predicted octanol–water partition coefficient (Wildman–Crippen LogP) is 4.05. The minimum Gasteiger partial charge on any atom is -0.508 e. The van der Waals surface area contributed by atoms with Gasteiger partial charge in [0.2, 0.25) is 5.91 Å². The highest BCUT2D eigenvalue weighted by molar-refractivity contribution is 7.73. The average Bonchev–Trinajstić information content (AvgIpc) is 2.67. The van der Waals surface area contributed by atoms with E-state index in [0.717, 1.165) is 10.4 Å². The van der Waals surface area contributed by atoms with Crippen LogP contribution in [-0.4, -0.2) is 22.7 Å². The van der Waals surface area contributed by atoms with Crippen LogP contribution in [0.2, 0.25) is 0 Å². The minimum absolute atomic E-state index is 0.0665. The van der Waals surface area contributed by atoms with Crippen molar-refractivity contribution in [2.75, 3.05) is 12.4 Å². The summed E-state index contributed by atoms with van der Waals surface area (Å²) >= 11 is 6.68. The molecule has 0 spiro atoms. The fourth-order valence-corrected chi connectivity index (χ4v) is 3.93. The number of hydrogen-bond acceptors (Lipinski definition) is 6. The van der Waals surface area contributed by atoms with Crippen LogP contribution in [0.3, 0.4) is 0 Å². The van der Waals surface area contributed by atoms with Crippen molar-refractivity contribution in [3.05, 3.63) is 68.9 Å². The standard InChI is InChI=1S/C20H18N2O4S2/c1-26-16-7-2-4-13(10-16)17-12-19(25)22(20(27)28-17)9-8-18(24)21-14-5-3-6-15(23)11-14/h2-7,10-12,23H,8-9H2,1H3,(H,21,24). The predicted molar refractivity (Wildman–Crippen MR) is 113 cm³/mol. The normalized spacial score (nSPS) is 10.5. The summed E-state index contributed by atoms with van der Waals surface area (Å²) in [6, 6.07) is 15.2. The third-order valence-electron chi connectivity index (χ3n) is 3.98. The van der Waals surface area contributed by atoms with Crippen LogP contribution in [0.1, 0.15) is 6.42 Å². The van der Waals surface area contributed by atoms with Gasteiger partial charge in [0.25, 0.3) is 5.56 Å². The van der Waals surface area contributed by atoms with E-state index in [1.165, 1.54) is 34.1 Å². The third kappa shape index (κ3) is 4.85. The maximum atomic E-state index is 12.5. The van der Waals surface area contributed by atoms with Crippen molar-refractivity contribution < 1.29 is 14.6 Å². The number of ether oxygens (including phenoxy) is 1. The second-order valence-electron chi connectivity index (χ2n) is 5.95. The molecule has 3 rings (SSSR count). The van der Waals surface area contributed by atoms with Crippen LogP contribution in [0, 0.1) is 3.95 Å². The molecule has 0 aliphatic heterocycles. The zero-order valence-electron chi connectivity index (χ0n) is 15.0. The maximum Gasteiger partial charge on any atom is 0.253 e. The lowest BCUT2D eigenvalue weighted by Gasteiger charge is -2.09. The number of phenolic OH excluding ortho intramolecular Hbond substituents is 1. The molecule has 144 valence electrons. The molecule has 1 amide bonds. The van der Waals surface area contributed by atoms with Gasteiger partial charge in [0.05, 0.1) is 7.11 Å². The molecule has 8 heteroatoms. The van der Waals surface area contributed by atoms with Crippen LogP contribution in [-0.2, 0) is 11.3 Å². The van der Waals surface area contributed by atoms with E-state index in [9.17, 15) is 14.7 Å². The van der Waals surface area contributed by atoms with E-state index < -0.39 is 0 Å². The summed E-state index contributed by atoms with van der Waals surface area (Å²) in [7, 11) is 1.58. The first-order valence-corrected chi connectivity index (χ1v) is 9.67. The first-order chi connectivity index (χ1) is 13.5. The highest BCUT2D eigenvalue weighted by Gasteiger charge is 2.09. The number of rotatable bonds is 6. The Morgan fingerprint density at radius 1 is 1.21 bits per heavy atom. The molecule has 28 heavy (non-hydrogen) atoms.